The summed E-state index contributed by atoms with van der Waals surface area (Å²) in [5.41, 5.74) is 0.945. The zero-order valence-corrected chi connectivity index (χ0v) is 13.1. The Morgan fingerprint density at radius 1 is 1.38 bits per heavy atom. The molecule has 2 rings (SSSR count). The third-order valence-electron chi connectivity index (χ3n) is 3.75. The fraction of sp³-hybridized carbons (Fsp3) is 0.571. The van der Waals surface area contributed by atoms with Gasteiger partial charge in [-0.3, -0.25) is 9.78 Å². The van der Waals surface area contributed by atoms with Crippen molar-refractivity contribution in [3.05, 3.63) is 30.1 Å². The van der Waals surface area contributed by atoms with Crippen molar-refractivity contribution in [2.75, 3.05) is 12.8 Å². The van der Waals surface area contributed by atoms with Gasteiger partial charge in [-0.25, -0.2) is 8.42 Å². The van der Waals surface area contributed by atoms with Gasteiger partial charge in [0.2, 0.25) is 15.9 Å². The number of aromatic nitrogens is 1. The number of pyridine rings is 1. The average Bonchev–Trinajstić information content (AvgIpc) is 2.47. The maximum atomic E-state index is 12.4. The van der Waals surface area contributed by atoms with Crippen molar-refractivity contribution in [2.45, 2.75) is 38.3 Å². The first-order valence-electron chi connectivity index (χ1n) is 7.06. The number of carbonyl (C=O) groups is 1. The quantitative estimate of drug-likeness (QED) is 0.902. The summed E-state index contributed by atoms with van der Waals surface area (Å²) in [4.78, 5) is 16.3. The highest BCUT2D eigenvalue weighted by Crippen LogP contribution is 2.21. The number of carbonyl (C=O) groups excluding carboxylic acids is 1. The zero-order valence-electron chi connectivity index (χ0n) is 12.3. The highest BCUT2D eigenvalue weighted by molar-refractivity contribution is 7.88. The van der Waals surface area contributed by atoms with Crippen molar-refractivity contribution < 1.29 is 13.2 Å². The molecule has 0 spiro atoms. The lowest BCUT2D eigenvalue weighted by Crippen LogP contribution is -2.51. The summed E-state index contributed by atoms with van der Waals surface area (Å²) in [7, 11) is -3.36. The smallest absolute Gasteiger partial charge is 0.238 e. The van der Waals surface area contributed by atoms with E-state index in [9.17, 15) is 13.2 Å². The summed E-state index contributed by atoms with van der Waals surface area (Å²) in [6.07, 6.45) is 6.74. The Balaban J connectivity index is 2.08. The summed E-state index contributed by atoms with van der Waals surface area (Å²) < 4.78 is 24.9. The molecule has 1 aromatic rings. The predicted molar refractivity (Wildman–Crippen MR) is 80.0 cm³/mol. The summed E-state index contributed by atoms with van der Waals surface area (Å²) in [5.74, 6) is -0.232. The van der Waals surface area contributed by atoms with Gasteiger partial charge >= 0.3 is 0 Å². The minimum atomic E-state index is -3.36. The molecule has 116 valence electrons. The first kappa shape index (κ1) is 15.9. The van der Waals surface area contributed by atoms with Gasteiger partial charge < -0.3 is 5.32 Å². The number of nitrogens with one attached hydrogen (secondary N) is 1. The van der Waals surface area contributed by atoms with Gasteiger partial charge in [-0.1, -0.05) is 6.42 Å². The van der Waals surface area contributed by atoms with Crippen LogP contribution < -0.4 is 5.32 Å². The molecule has 1 aliphatic heterocycles. The van der Waals surface area contributed by atoms with Crippen LogP contribution in [0.5, 0.6) is 0 Å². The van der Waals surface area contributed by atoms with E-state index in [0.717, 1.165) is 24.7 Å². The van der Waals surface area contributed by atoms with Crippen LogP contribution in [0, 0.1) is 0 Å². The van der Waals surface area contributed by atoms with Crippen LogP contribution in [-0.4, -0.2) is 42.5 Å². The van der Waals surface area contributed by atoms with Crippen LogP contribution in [0.4, 0.5) is 0 Å². The minimum absolute atomic E-state index is 0.177. The lowest BCUT2D eigenvalue weighted by molar-refractivity contribution is -0.126. The molecule has 6 nitrogen and oxygen atoms in total. The largest absolute Gasteiger partial charge is 0.348 e. The summed E-state index contributed by atoms with van der Waals surface area (Å²) in [6, 6.07) is 2.89. The number of rotatable bonds is 4. The molecule has 0 bridgehead atoms. The average molecular weight is 311 g/mol. The highest BCUT2D eigenvalue weighted by atomic mass is 32.2. The first-order chi connectivity index (χ1) is 9.89. The Labute approximate surface area is 125 Å². The molecule has 2 heterocycles. The number of nitrogens with zero attached hydrogens (tertiary/aromatic N) is 2. The standard InChI is InChI=1S/C14H21N3O3S/c1-11(12-6-8-15-9-7-12)16-14(18)13-5-3-4-10-17(13)21(2,19)20/h6-9,11,13H,3-5,10H2,1-2H3,(H,16,18). The van der Waals surface area contributed by atoms with Crippen molar-refractivity contribution in [3.8, 4) is 0 Å². The molecule has 7 heteroatoms. The number of piperidine rings is 1. The van der Waals surface area contributed by atoms with Gasteiger partial charge in [0.15, 0.2) is 0 Å². The minimum Gasteiger partial charge on any atom is -0.348 e. The van der Waals surface area contributed by atoms with E-state index >= 15 is 0 Å². The zero-order chi connectivity index (χ0) is 15.5. The van der Waals surface area contributed by atoms with E-state index in [1.807, 2.05) is 19.1 Å². The van der Waals surface area contributed by atoms with Gasteiger partial charge in [0.1, 0.15) is 6.04 Å². The van der Waals surface area contributed by atoms with Crippen LogP contribution in [0.15, 0.2) is 24.5 Å². The monoisotopic (exact) mass is 311 g/mol. The van der Waals surface area contributed by atoms with Crippen molar-refractivity contribution in [2.24, 2.45) is 0 Å². The van der Waals surface area contributed by atoms with Crippen LogP contribution in [0.2, 0.25) is 0 Å². The summed E-state index contributed by atoms with van der Waals surface area (Å²) in [5, 5.41) is 2.90. The normalized spacial score (nSPS) is 21.7. The van der Waals surface area contributed by atoms with Crippen LogP contribution in [0.3, 0.4) is 0 Å². The topological polar surface area (TPSA) is 79.4 Å². The van der Waals surface area contributed by atoms with E-state index in [4.69, 9.17) is 0 Å². The van der Waals surface area contributed by atoms with Crippen molar-refractivity contribution in [1.82, 2.24) is 14.6 Å². The molecule has 21 heavy (non-hydrogen) atoms. The van der Waals surface area contributed by atoms with E-state index < -0.39 is 16.1 Å². The first-order valence-corrected chi connectivity index (χ1v) is 8.91. The maximum Gasteiger partial charge on any atom is 0.238 e. The molecule has 1 N–H and O–H groups in total. The molecule has 0 aromatic carbocycles. The molecule has 1 aromatic heterocycles. The Morgan fingerprint density at radius 2 is 2.05 bits per heavy atom. The van der Waals surface area contributed by atoms with Crippen molar-refractivity contribution in [1.29, 1.82) is 0 Å². The van der Waals surface area contributed by atoms with Crippen LogP contribution in [0.25, 0.3) is 0 Å². The molecule has 0 radical (unpaired) electrons. The highest BCUT2D eigenvalue weighted by Gasteiger charge is 2.34. The number of hydrogen-bond acceptors (Lipinski definition) is 4. The molecule has 1 saturated heterocycles. The third kappa shape index (κ3) is 4.01. The molecular weight excluding hydrogens is 290 g/mol. The maximum absolute atomic E-state index is 12.4. The van der Waals surface area contributed by atoms with Gasteiger partial charge in [-0.2, -0.15) is 4.31 Å². The Hall–Kier alpha value is -1.47. The summed E-state index contributed by atoms with van der Waals surface area (Å²) >= 11 is 0. The SMILES string of the molecule is CC(NC(=O)C1CCCCN1S(C)(=O)=O)c1ccncc1. The van der Waals surface area contributed by atoms with Crippen molar-refractivity contribution in [3.63, 3.8) is 0 Å². The molecule has 2 atom stereocenters. The third-order valence-corrected chi connectivity index (χ3v) is 5.04. The van der Waals surface area contributed by atoms with Gasteiger partial charge in [0.05, 0.1) is 12.3 Å². The predicted octanol–water partition coefficient (Wildman–Crippen LogP) is 1.07. The fourth-order valence-corrected chi connectivity index (χ4v) is 3.73. The Kier molecular flexibility index (Phi) is 4.95. The van der Waals surface area contributed by atoms with Gasteiger partial charge in [-0.15, -0.1) is 0 Å². The number of sulfonamides is 1. The Morgan fingerprint density at radius 3 is 2.67 bits per heavy atom. The molecule has 1 amide bonds. The van der Waals surface area contributed by atoms with Crippen LogP contribution in [-0.2, 0) is 14.8 Å². The summed E-state index contributed by atoms with van der Waals surface area (Å²) in [6.45, 7) is 2.29. The van der Waals surface area contributed by atoms with E-state index in [2.05, 4.69) is 10.3 Å². The van der Waals surface area contributed by atoms with E-state index in [0.29, 0.717) is 13.0 Å². The molecule has 0 saturated carbocycles. The van der Waals surface area contributed by atoms with E-state index in [-0.39, 0.29) is 11.9 Å². The van der Waals surface area contributed by atoms with Crippen LogP contribution in [0.1, 0.15) is 37.8 Å². The number of hydrogen-bond donors (Lipinski definition) is 1. The van der Waals surface area contributed by atoms with Crippen molar-refractivity contribution >= 4 is 15.9 Å². The molecule has 0 aliphatic carbocycles. The lowest BCUT2D eigenvalue weighted by atomic mass is 10.0. The second-order valence-corrected chi connectivity index (χ2v) is 7.33. The second-order valence-electron chi connectivity index (χ2n) is 5.40. The molecular formula is C14H21N3O3S. The molecule has 2 unspecified atom stereocenters. The second kappa shape index (κ2) is 6.53. The van der Waals surface area contributed by atoms with Gasteiger partial charge in [0.25, 0.3) is 0 Å². The van der Waals surface area contributed by atoms with Gasteiger partial charge in [0, 0.05) is 18.9 Å². The van der Waals surface area contributed by atoms with E-state index in [1.54, 1.807) is 12.4 Å². The Bertz CT molecular complexity index is 589. The molecule has 1 aliphatic rings. The van der Waals surface area contributed by atoms with Gasteiger partial charge in [-0.05, 0) is 37.5 Å². The number of amides is 1. The fourth-order valence-electron chi connectivity index (χ4n) is 2.61. The van der Waals surface area contributed by atoms with E-state index in [1.165, 1.54) is 4.31 Å². The van der Waals surface area contributed by atoms with Crippen LogP contribution >= 0.6 is 0 Å². The molecule has 1 fully saturated rings. The lowest BCUT2D eigenvalue weighted by Gasteiger charge is -2.33.